The fourth-order valence-corrected chi connectivity index (χ4v) is 7.33. The van der Waals surface area contributed by atoms with Crippen molar-refractivity contribution < 1.29 is 0 Å². The molecule has 202 valence electrons. The number of hydrogen-bond donors (Lipinski definition) is 1. The van der Waals surface area contributed by atoms with Gasteiger partial charge in [-0.1, -0.05) is 89.8 Å². The van der Waals surface area contributed by atoms with E-state index in [-0.39, 0.29) is 0 Å². The number of nitrogens with zero attached hydrogens (tertiary/aromatic N) is 5. The van der Waals surface area contributed by atoms with Crippen molar-refractivity contribution >= 4 is 69.8 Å². The molecule has 6 aromatic rings. The predicted molar refractivity (Wildman–Crippen MR) is 172 cm³/mol. The van der Waals surface area contributed by atoms with E-state index < -0.39 is 0 Å². The minimum absolute atomic E-state index is 0.472. The Morgan fingerprint density at radius 3 is 1.26 bits per heavy atom. The van der Waals surface area contributed by atoms with Crippen molar-refractivity contribution in [3.8, 4) is 0 Å². The molecule has 0 amide bonds. The zero-order valence-corrected chi connectivity index (χ0v) is 24.2. The van der Waals surface area contributed by atoms with Crippen molar-refractivity contribution in [3.63, 3.8) is 0 Å². The van der Waals surface area contributed by atoms with Crippen molar-refractivity contribution in [2.45, 2.75) is 26.5 Å². The summed E-state index contributed by atoms with van der Waals surface area (Å²) < 4.78 is 0. The SMILES string of the molecule is Cc1ccc(Nc2nc(N3c4ccccc4Sc4ccccc43)nc(N3c4ccccc4Sc4ccccc43)n2)cc1. The van der Waals surface area contributed by atoms with Crippen LogP contribution < -0.4 is 15.1 Å². The summed E-state index contributed by atoms with van der Waals surface area (Å²) in [6.45, 7) is 2.08. The molecular formula is C34H24N6S2. The molecule has 1 N–H and O–H groups in total. The summed E-state index contributed by atoms with van der Waals surface area (Å²) in [7, 11) is 0. The average molecular weight is 581 g/mol. The van der Waals surface area contributed by atoms with Crippen LogP contribution in [0.4, 0.5) is 46.3 Å². The van der Waals surface area contributed by atoms with E-state index >= 15 is 0 Å². The van der Waals surface area contributed by atoms with Crippen LogP contribution in [-0.2, 0) is 0 Å². The zero-order chi connectivity index (χ0) is 28.0. The molecule has 42 heavy (non-hydrogen) atoms. The molecule has 0 unspecified atom stereocenters. The van der Waals surface area contributed by atoms with Gasteiger partial charge in [-0.05, 0) is 67.6 Å². The van der Waals surface area contributed by atoms with Crippen LogP contribution in [0.1, 0.15) is 5.56 Å². The number of aryl methyl sites for hydroxylation is 1. The van der Waals surface area contributed by atoms with Gasteiger partial charge in [0.1, 0.15) is 0 Å². The van der Waals surface area contributed by atoms with Crippen LogP contribution in [0.15, 0.2) is 141 Å². The molecule has 8 rings (SSSR count). The van der Waals surface area contributed by atoms with Crippen molar-refractivity contribution in [2.24, 2.45) is 0 Å². The number of benzene rings is 5. The smallest absolute Gasteiger partial charge is 0.241 e. The van der Waals surface area contributed by atoms with E-state index in [2.05, 4.69) is 131 Å². The largest absolute Gasteiger partial charge is 0.324 e. The van der Waals surface area contributed by atoms with E-state index in [1.54, 1.807) is 23.5 Å². The van der Waals surface area contributed by atoms with Crippen LogP contribution in [0.5, 0.6) is 0 Å². The van der Waals surface area contributed by atoms with Crippen molar-refractivity contribution in [3.05, 3.63) is 127 Å². The molecule has 8 heteroatoms. The van der Waals surface area contributed by atoms with Gasteiger partial charge >= 0.3 is 0 Å². The van der Waals surface area contributed by atoms with E-state index in [4.69, 9.17) is 15.0 Å². The Morgan fingerprint density at radius 1 is 0.476 bits per heavy atom. The van der Waals surface area contributed by atoms with Gasteiger partial charge < -0.3 is 5.32 Å². The maximum atomic E-state index is 5.20. The Labute approximate surface area is 252 Å². The summed E-state index contributed by atoms with van der Waals surface area (Å²) in [5.41, 5.74) is 6.25. The molecule has 0 fully saturated rings. The Balaban J connectivity index is 1.36. The Hall–Kier alpha value is -4.79. The Morgan fingerprint density at radius 2 is 0.857 bits per heavy atom. The highest BCUT2D eigenvalue weighted by molar-refractivity contribution is 8.00. The maximum Gasteiger partial charge on any atom is 0.241 e. The molecule has 2 aliphatic heterocycles. The van der Waals surface area contributed by atoms with Gasteiger partial charge in [0.05, 0.1) is 22.7 Å². The molecule has 5 aromatic carbocycles. The minimum atomic E-state index is 0.472. The van der Waals surface area contributed by atoms with Crippen molar-refractivity contribution in [1.82, 2.24) is 15.0 Å². The molecule has 0 radical (unpaired) electrons. The highest BCUT2D eigenvalue weighted by Crippen LogP contribution is 2.53. The quantitative estimate of drug-likeness (QED) is 0.221. The summed E-state index contributed by atoms with van der Waals surface area (Å²) in [5.74, 6) is 1.56. The molecular weight excluding hydrogens is 557 g/mol. The van der Waals surface area contributed by atoms with Crippen LogP contribution in [0, 0.1) is 6.92 Å². The summed E-state index contributed by atoms with van der Waals surface area (Å²) in [6, 6.07) is 41.8. The Kier molecular flexibility index (Phi) is 6.09. The summed E-state index contributed by atoms with van der Waals surface area (Å²) >= 11 is 3.52. The van der Waals surface area contributed by atoms with Crippen LogP contribution in [0.2, 0.25) is 0 Å². The number of hydrogen-bond acceptors (Lipinski definition) is 8. The summed E-state index contributed by atoms with van der Waals surface area (Å²) in [5, 5.41) is 3.46. The molecule has 0 saturated carbocycles. The lowest BCUT2D eigenvalue weighted by Gasteiger charge is -2.33. The Bertz CT molecular complexity index is 1750. The van der Waals surface area contributed by atoms with Gasteiger partial charge in [0.2, 0.25) is 17.8 Å². The molecule has 1 aromatic heterocycles. The second-order valence-corrected chi connectivity index (χ2v) is 12.2. The van der Waals surface area contributed by atoms with Gasteiger partial charge in [0.25, 0.3) is 0 Å². The van der Waals surface area contributed by atoms with E-state index in [0.717, 1.165) is 48.0 Å². The first-order valence-corrected chi connectivity index (χ1v) is 15.3. The second-order valence-electron chi connectivity index (χ2n) is 10.00. The van der Waals surface area contributed by atoms with Crippen LogP contribution in [0.25, 0.3) is 0 Å². The molecule has 6 nitrogen and oxygen atoms in total. The monoisotopic (exact) mass is 580 g/mol. The van der Waals surface area contributed by atoms with E-state index in [1.165, 1.54) is 5.56 Å². The predicted octanol–water partition coefficient (Wildman–Crippen LogP) is 9.79. The molecule has 0 atom stereocenters. The first-order chi connectivity index (χ1) is 20.7. The van der Waals surface area contributed by atoms with Crippen LogP contribution in [-0.4, -0.2) is 15.0 Å². The normalized spacial score (nSPS) is 13.1. The third-order valence-electron chi connectivity index (χ3n) is 7.18. The number of nitrogens with one attached hydrogen (secondary N) is 1. The molecule has 0 saturated heterocycles. The van der Waals surface area contributed by atoms with Gasteiger partial charge in [-0.15, -0.1) is 0 Å². The number of fused-ring (bicyclic) bond motifs is 4. The first-order valence-electron chi connectivity index (χ1n) is 13.6. The number of aromatic nitrogens is 3. The van der Waals surface area contributed by atoms with Crippen LogP contribution in [0.3, 0.4) is 0 Å². The maximum absolute atomic E-state index is 5.20. The number of rotatable bonds is 4. The van der Waals surface area contributed by atoms with E-state index in [9.17, 15) is 0 Å². The van der Waals surface area contributed by atoms with Gasteiger partial charge in [-0.2, -0.15) is 15.0 Å². The van der Waals surface area contributed by atoms with Crippen molar-refractivity contribution in [2.75, 3.05) is 15.1 Å². The molecule has 0 spiro atoms. The van der Waals surface area contributed by atoms with Crippen LogP contribution >= 0.6 is 23.5 Å². The third-order valence-corrected chi connectivity index (χ3v) is 9.44. The highest BCUT2D eigenvalue weighted by atomic mass is 32.2. The van der Waals surface area contributed by atoms with Gasteiger partial charge in [0.15, 0.2) is 0 Å². The van der Waals surface area contributed by atoms with E-state index in [0.29, 0.717) is 17.8 Å². The molecule has 0 bridgehead atoms. The van der Waals surface area contributed by atoms with Crippen molar-refractivity contribution in [1.29, 1.82) is 0 Å². The lowest BCUT2D eigenvalue weighted by atomic mass is 10.2. The fourth-order valence-electron chi connectivity index (χ4n) is 5.22. The standard InChI is InChI=1S/C34H24N6S2/c1-22-18-20-23(21-19-22)35-32-36-33(39-24-10-2-6-14-28(24)41-29-15-7-3-11-25(29)39)38-34(37-32)40-26-12-4-8-16-30(26)42-31-17-9-5-13-27(31)40/h2-21H,1H3,(H,35,36,37,38). The lowest BCUT2D eigenvalue weighted by molar-refractivity contribution is 0.964. The average Bonchev–Trinajstić information content (AvgIpc) is 3.03. The third kappa shape index (κ3) is 4.36. The first kappa shape index (κ1) is 25.0. The lowest BCUT2D eigenvalue weighted by Crippen LogP contribution is -2.22. The zero-order valence-electron chi connectivity index (χ0n) is 22.6. The molecule has 0 aliphatic carbocycles. The minimum Gasteiger partial charge on any atom is -0.324 e. The fraction of sp³-hybridized carbons (Fsp3) is 0.0294. The summed E-state index contributed by atoms with van der Waals surface area (Å²) in [6.07, 6.45) is 0. The highest BCUT2D eigenvalue weighted by Gasteiger charge is 2.31. The molecule has 2 aliphatic rings. The van der Waals surface area contributed by atoms with Gasteiger partial charge in [-0.3, -0.25) is 9.80 Å². The summed E-state index contributed by atoms with van der Waals surface area (Å²) in [4.78, 5) is 24.1. The number of anilines is 8. The molecule has 3 heterocycles. The van der Waals surface area contributed by atoms with Gasteiger partial charge in [-0.25, -0.2) is 0 Å². The topological polar surface area (TPSA) is 57.2 Å². The number of para-hydroxylation sites is 4. The second kappa shape index (κ2) is 10.2. The van der Waals surface area contributed by atoms with Gasteiger partial charge in [0, 0.05) is 25.3 Å². The van der Waals surface area contributed by atoms with E-state index in [1.807, 2.05) is 12.1 Å².